The van der Waals surface area contributed by atoms with E-state index >= 15 is 0 Å². The highest BCUT2D eigenvalue weighted by Crippen LogP contribution is 2.39. The van der Waals surface area contributed by atoms with Gasteiger partial charge in [0.05, 0.1) is 11.0 Å². The highest BCUT2D eigenvalue weighted by atomic mass is 19.1. The fraction of sp³-hybridized carbons (Fsp3) is 0.400. The third-order valence-corrected chi connectivity index (χ3v) is 3.73. The van der Waals surface area contributed by atoms with Gasteiger partial charge in [-0.1, -0.05) is 5.10 Å². The Morgan fingerprint density at radius 1 is 1.32 bits per heavy atom. The summed E-state index contributed by atoms with van der Waals surface area (Å²) in [5.74, 6) is 1.81. The molecule has 1 saturated carbocycles. The van der Waals surface area contributed by atoms with Gasteiger partial charge in [-0.2, -0.15) is 0 Å². The lowest BCUT2D eigenvalue weighted by molar-refractivity contribution is 0.506. The quantitative estimate of drug-likeness (QED) is 0.684. The summed E-state index contributed by atoms with van der Waals surface area (Å²) in [6, 6.07) is 5.04. The van der Waals surface area contributed by atoms with Gasteiger partial charge in [0.15, 0.2) is 0 Å². The maximum Gasteiger partial charge on any atom is 0.315 e. The number of rotatable bonds is 6. The lowest BCUT2D eigenvalue weighted by atomic mass is 10.3. The number of H-pyrrole nitrogens is 1. The number of halogens is 1. The van der Waals surface area contributed by atoms with Crippen LogP contribution in [0.2, 0.25) is 0 Å². The van der Waals surface area contributed by atoms with E-state index in [1.807, 2.05) is 0 Å². The highest BCUT2D eigenvalue weighted by Gasteiger charge is 2.29. The molecule has 0 aliphatic heterocycles. The van der Waals surface area contributed by atoms with E-state index in [-0.39, 0.29) is 5.82 Å². The molecule has 1 aromatic carbocycles. The van der Waals surface area contributed by atoms with Crippen molar-refractivity contribution in [1.82, 2.24) is 20.2 Å². The molecule has 0 atom stereocenters. The van der Waals surface area contributed by atoms with E-state index in [1.165, 1.54) is 12.1 Å². The molecule has 2 heterocycles. The lowest BCUT2D eigenvalue weighted by Gasteiger charge is -1.99. The van der Waals surface area contributed by atoms with E-state index < -0.39 is 0 Å². The highest BCUT2D eigenvalue weighted by molar-refractivity contribution is 5.74. The number of fused-ring (bicyclic) bond motifs is 1. The summed E-state index contributed by atoms with van der Waals surface area (Å²) in [4.78, 5) is 7.56. The average Bonchev–Trinajstić information content (AvgIpc) is 3.11. The Bertz CT molecular complexity index is 792. The number of aromatic nitrogens is 4. The average molecular weight is 301 g/mol. The molecule has 22 heavy (non-hydrogen) atoms. The summed E-state index contributed by atoms with van der Waals surface area (Å²) in [5, 5.41) is 11.1. The van der Waals surface area contributed by atoms with Crippen molar-refractivity contribution in [2.24, 2.45) is 0 Å². The molecule has 0 bridgehead atoms. The molecule has 1 aliphatic rings. The molecule has 0 spiro atoms. The number of nitrogens with zero attached hydrogens (tertiary/aromatic N) is 3. The van der Waals surface area contributed by atoms with Gasteiger partial charge in [-0.25, -0.2) is 9.37 Å². The lowest BCUT2D eigenvalue weighted by Crippen LogP contribution is -2.03. The number of benzene rings is 1. The summed E-state index contributed by atoms with van der Waals surface area (Å²) in [6.07, 6.45) is 3.93. The topological polar surface area (TPSA) is 79.6 Å². The number of imidazole rings is 1. The van der Waals surface area contributed by atoms with E-state index in [2.05, 4.69) is 25.5 Å². The van der Waals surface area contributed by atoms with Gasteiger partial charge in [-0.05, 0) is 37.5 Å². The Balaban J connectivity index is 1.29. The van der Waals surface area contributed by atoms with Crippen molar-refractivity contribution in [2.75, 3.05) is 11.9 Å². The van der Waals surface area contributed by atoms with Crippen LogP contribution in [0.5, 0.6) is 0 Å². The maximum absolute atomic E-state index is 13.1. The summed E-state index contributed by atoms with van der Waals surface area (Å²) in [6.45, 7) is 0.720. The molecule has 0 unspecified atom stereocenters. The molecule has 1 fully saturated rings. The minimum Gasteiger partial charge on any atom is -0.408 e. The van der Waals surface area contributed by atoms with Gasteiger partial charge in [0.25, 0.3) is 0 Å². The molecular formula is C15H16FN5O. The predicted octanol–water partition coefficient (Wildman–Crippen LogP) is 3.01. The molecule has 6 nitrogen and oxygen atoms in total. The van der Waals surface area contributed by atoms with Gasteiger partial charge in [0.2, 0.25) is 5.89 Å². The van der Waals surface area contributed by atoms with Crippen molar-refractivity contribution in [1.29, 1.82) is 0 Å². The molecule has 0 amide bonds. The molecule has 114 valence electrons. The molecule has 7 heteroatoms. The summed E-state index contributed by atoms with van der Waals surface area (Å²) in [7, 11) is 0. The third-order valence-electron chi connectivity index (χ3n) is 3.73. The van der Waals surface area contributed by atoms with E-state index in [1.54, 1.807) is 6.07 Å². The van der Waals surface area contributed by atoms with Crippen LogP contribution in [0.3, 0.4) is 0 Å². The number of aromatic amines is 1. The summed E-state index contributed by atoms with van der Waals surface area (Å²) in [5.41, 5.74) is 1.52. The Morgan fingerprint density at radius 2 is 2.23 bits per heavy atom. The molecule has 0 saturated heterocycles. The van der Waals surface area contributed by atoms with Crippen molar-refractivity contribution in [3.05, 3.63) is 35.7 Å². The maximum atomic E-state index is 13.1. The van der Waals surface area contributed by atoms with Crippen molar-refractivity contribution < 1.29 is 8.81 Å². The second-order valence-corrected chi connectivity index (χ2v) is 5.60. The van der Waals surface area contributed by atoms with E-state index in [0.29, 0.717) is 11.9 Å². The largest absolute Gasteiger partial charge is 0.408 e. The fourth-order valence-corrected chi connectivity index (χ4v) is 2.41. The molecule has 4 rings (SSSR count). The first-order valence-corrected chi connectivity index (χ1v) is 7.49. The van der Waals surface area contributed by atoms with Crippen molar-refractivity contribution in [3.8, 4) is 0 Å². The monoisotopic (exact) mass is 301 g/mol. The van der Waals surface area contributed by atoms with Crippen molar-refractivity contribution >= 4 is 17.0 Å². The van der Waals surface area contributed by atoms with E-state index in [4.69, 9.17) is 4.42 Å². The van der Waals surface area contributed by atoms with Crippen molar-refractivity contribution in [3.63, 3.8) is 0 Å². The zero-order valence-electron chi connectivity index (χ0n) is 12.0. The zero-order chi connectivity index (χ0) is 14.9. The first-order valence-electron chi connectivity index (χ1n) is 7.49. The molecule has 0 radical (unpaired) electrons. The number of hydrogen-bond donors (Lipinski definition) is 2. The molecule has 1 aliphatic carbocycles. The fourth-order valence-electron chi connectivity index (χ4n) is 2.41. The van der Waals surface area contributed by atoms with Crippen LogP contribution in [-0.4, -0.2) is 26.7 Å². The van der Waals surface area contributed by atoms with Gasteiger partial charge in [-0.3, -0.25) is 0 Å². The van der Waals surface area contributed by atoms with Gasteiger partial charge in [0, 0.05) is 18.9 Å². The van der Waals surface area contributed by atoms with Crippen LogP contribution < -0.4 is 5.32 Å². The minimum atomic E-state index is -0.257. The van der Waals surface area contributed by atoms with Gasteiger partial charge >= 0.3 is 6.01 Å². The Kier molecular flexibility index (Phi) is 3.25. The van der Waals surface area contributed by atoms with Gasteiger partial charge in [0.1, 0.15) is 11.6 Å². The Hall–Kier alpha value is -2.44. The number of nitrogens with one attached hydrogen (secondary N) is 2. The number of aryl methyl sites for hydroxylation is 1. The Labute approximate surface area is 126 Å². The van der Waals surface area contributed by atoms with Crippen LogP contribution in [0.1, 0.15) is 36.9 Å². The van der Waals surface area contributed by atoms with E-state index in [0.717, 1.165) is 55.0 Å². The normalized spacial score (nSPS) is 14.6. The van der Waals surface area contributed by atoms with Crippen LogP contribution in [-0.2, 0) is 6.42 Å². The summed E-state index contributed by atoms with van der Waals surface area (Å²) >= 11 is 0. The van der Waals surface area contributed by atoms with E-state index in [9.17, 15) is 4.39 Å². The van der Waals surface area contributed by atoms with Gasteiger partial charge < -0.3 is 14.7 Å². The molecular weight excluding hydrogens is 285 g/mol. The van der Waals surface area contributed by atoms with Crippen LogP contribution in [0.15, 0.2) is 22.6 Å². The minimum absolute atomic E-state index is 0.257. The molecule has 2 aromatic heterocycles. The van der Waals surface area contributed by atoms with Crippen LogP contribution >= 0.6 is 0 Å². The number of anilines is 1. The summed E-state index contributed by atoms with van der Waals surface area (Å²) < 4.78 is 18.6. The van der Waals surface area contributed by atoms with Crippen LogP contribution in [0.25, 0.3) is 11.0 Å². The Morgan fingerprint density at radius 3 is 3.09 bits per heavy atom. The zero-order valence-corrected chi connectivity index (χ0v) is 12.0. The third kappa shape index (κ3) is 2.79. The number of hydrogen-bond acceptors (Lipinski definition) is 5. The SMILES string of the molecule is Fc1ccc2nc(CCCNc3nnc(C4CC4)o3)[nH]c2c1. The van der Waals surface area contributed by atoms with Gasteiger partial charge in [-0.15, -0.1) is 5.10 Å². The standard InChI is InChI=1S/C15H16FN5O/c16-10-5-6-11-12(8-10)19-13(18-11)2-1-7-17-15-21-20-14(22-15)9-3-4-9/h5-6,8-9H,1-4,7H2,(H,17,21)(H,18,19). The molecule has 2 N–H and O–H groups in total. The van der Waals surface area contributed by atoms with Crippen LogP contribution in [0.4, 0.5) is 10.4 Å². The molecule has 3 aromatic rings. The second kappa shape index (κ2) is 5.40. The predicted molar refractivity (Wildman–Crippen MR) is 79.1 cm³/mol. The first kappa shape index (κ1) is 13.2. The van der Waals surface area contributed by atoms with Crippen LogP contribution in [0, 0.1) is 5.82 Å². The second-order valence-electron chi connectivity index (χ2n) is 5.60. The smallest absolute Gasteiger partial charge is 0.315 e. The first-order chi connectivity index (χ1) is 10.8. The van der Waals surface area contributed by atoms with Crippen molar-refractivity contribution in [2.45, 2.75) is 31.6 Å².